The SMILES string of the molecule is CC(Oc1ccc2ccccc2c1)C(=O)NNC(=O)CN(C)S(=O)(=O)c1cccnc1. The van der Waals surface area contributed by atoms with Gasteiger partial charge in [-0.25, -0.2) is 8.42 Å². The molecule has 0 aliphatic rings. The fraction of sp³-hybridized carbons (Fsp3) is 0.190. The molecule has 1 atom stereocenters. The molecule has 0 aliphatic carbocycles. The summed E-state index contributed by atoms with van der Waals surface area (Å²) in [5.41, 5.74) is 4.43. The topological polar surface area (TPSA) is 118 Å². The number of hydrogen-bond acceptors (Lipinski definition) is 6. The van der Waals surface area contributed by atoms with E-state index in [0.717, 1.165) is 15.1 Å². The van der Waals surface area contributed by atoms with Crippen LogP contribution in [0.3, 0.4) is 0 Å². The zero-order valence-electron chi connectivity index (χ0n) is 17.0. The molecular weight excluding hydrogens is 420 g/mol. The maximum Gasteiger partial charge on any atom is 0.279 e. The number of likely N-dealkylation sites (N-methyl/N-ethyl adjacent to an activating group) is 1. The van der Waals surface area contributed by atoms with Crippen LogP contribution < -0.4 is 15.6 Å². The standard InChI is InChI=1S/C21H22N4O5S/c1-15(30-18-10-9-16-6-3-4-7-17(16)12-18)21(27)24-23-20(26)14-25(2)31(28,29)19-8-5-11-22-13-19/h3-13,15H,14H2,1-2H3,(H,23,26)(H,24,27). The van der Waals surface area contributed by atoms with Crippen LogP contribution in [0.1, 0.15) is 6.92 Å². The summed E-state index contributed by atoms with van der Waals surface area (Å²) in [6.45, 7) is 1.05. The molecule has 1 heterocycles. The van der Waals surface area contributed by atoms with Crippen LogP contribution in [-0.2, 0) is 19.6 Å². The van der Waals surface area contributed by atoms with E-state index in [1.165, 1.54) is 38.5 Å². The van der Waals surface area contributed by atoms with Crippen molar-refractivity contribution in [1.82, 2.24) is 20.1 Å². The molecule has 3 aromatic rings. The van der Waals surface area contributed by atoms with Gasteiger partial charge in [-0.2, -0.15) is 4.31 Å². The number of carbonyl (C=O) groups is 2. The van der Waals surface area contributed by atoms with Crippen molar-refractivity contribution in [2.24, 2.45) is 0 Å². The van der Waals surface area contributed by atoms with Gasteiger partial charge in [0.2, 0.25) is 10.0 Å². The Labute approximate surface area is 180 Å². The van der Waals surface area contributed by atoms with Gasteiger partial charge in [-0.15, -0.1) is 0 Å². The van der Waals surface area contributed by atoms with E-state index in [-0.39, 0.29) is 4.90 Å². The number of ether oxygens (including phenoxy) is 1. The predicted octanol–water partition coefficient (Wildman–Crippen LogP) is 1.47. The summed E-state index contributed by atoms with van der Waals surface area (Å²) in [6, 6.07) is 16.1. The number of carbonyl (C=O) groups excluding carboxylic acids is 2. The number of hydrogen-bond donors (Lipinski definition) is 2. The molecular formula is C21H22N4O5S. The second-order valence-corrected chi connectivity index (χ2v) is 8.80. The molecule has 3 rings (SSSR count). The van der Waals surface area contributed by atoms with Crippen LogP contribution in [0.25, 0.3) is 10.8 Å². The van der Waals surface area contributed by atoms with E-state index in [1.807, 2.05) is 36.4 Å². The van der Waals surface area contributed by atoms with Crippen molar-refractivity contribution in [3.05, 3.63) is 67.0 Å². The van der Waals surface area contributed by atoms with Crippen molar-refractivity contribution in [2.75, 3.05) is 13.6 Å². The van der Waals surface area contributed by atoms with Crippen LogP contribution in [0.5, 0.6) is 5.75 Å². The lowest BCUT2D eigenvalue weighted by Gasteiger charge is -2.18. The maximum atomic E-state index is 12.4. The summed E-state index contributed by atoms with van der Waals surface area (Å²) in [6.07, 6.45) is 1.75. The molecule has 31 heavy (non-hydrogen) atoms. The zero-order valence-corrected chi connectivity index (χ0v) is 17.8. The van der Waals surface area contributed by atoms with Crippen LogP contribution in [-0.4, -0.2) is 49.2 Å². The van der Waals surface area contributed by atoms with E-state index < -0.39 is 34.5 Å². The predicted molar refractivity (Wildman–Crippen MR) is 114 cm³/mol. The first-order valence-electron chi connectivity index (χ1n) is 9.38. The van der Waals surface area contributed by atoms with Gasteiger partial charge in [-0.05, 0) is 42.0 Å². The van der Waals surface area contributed by atoms with Gasteiger partial charge in [0.1, 0.15) is 10.6 Å². The Hall–Kier alpha value is -3.50. The summed E-state index contributed by atoms with van der Waals surface area (Å²) in [5.74, 6) is -0.782. The highest BCUT2D eigenvalue weighted by Crippen LogP contribution is 2.21. The molecule has 0 spiro atoms. The van der Waals surface area contributed by atoms with Crippen LogP contribution >= 0.6 is 0 Å². The number of fused-ring (bicyclic) bond motifs is 1. The van der Waals surface area contributed by atoms with Crippen molar-refractivity contribution in [2.45, 2.75) is 17.9 Å². The zero-order chi connectivity index (χ0) is 22.4. The quantitative estimate of drug-likeness (QED) is 0.535. The molecule has 0 saturated heterocycles. The van der Waals surface area contributed by atoms with Crippen molar-refractivity contribution < 1.29 is 22.7 Å². The van der Waals surface area contributed by atoms with E-state index in [2.05, 4.69) is 15.8 Å². The summed E-state index contributed by atoms with van der Waals surface area (Å²) in [7, 11) is -2.62. The number of aromatic nitrogens is 1. The lowest BCUT2D eigenvalue weighted by molar-refractivity contribution is -0.132. The fourth-order valence-corrected chi connectivity index (χ4v) is 3.83. The highest BCUT2D eigenvalue weighted by atomic mass is 32.2. The first kappa shape index (κ1) is 22.2. The third-order valence-corrected chi connectivity index (χ3v) is 6.22. The molecule has 0 fully saturated rings. The molecule has 2 amide bonds. The maximum absolute atomic E-state index is 12.4. The van der Waals surface area contributed by atoms with E-state index in [9.17, 15) is 18.0 Å². The molecule has 10 heteroatoms. The summed E-state index contributed by atoms with van der Waals surface area (Å²) in [4.78, 5) is 28.0. The Balaban J connectivity index is 1.51. The normalized spacial score (nSPS) is 12.4. The van der Waals surface area contributed by atoms with Crippen LogP contribution in [0.15, 0.2) is 71.9 Å². The number of nitrogens with zero attached hydrogens (tertiary/aromatic N) is 2. The number of amides is 2. The van der Waals surface area contributed by atoms with Crippen molar-refractivity contribution in [1.29, 1.82) is 0 Å². The number of hydrazine groups is 1. The van der Waals surface area contributed by atoms with E-state index in [4.69, 9.17) is 4.74 Å². The summed E-state index contributed by atoms with van der Waals surface area (Å²) >= 11 is 0. The Bertz CT molecular complexity index is 1180. The second kappa shape index (κ2) is 9.54. The van der Waals surface area contributed by atoms with Gasteiger partial charge in [0.15, 0.2) is 6.10 Å². The Morgan fingerprint density at radius 2 is 1.81 bits per heavy atom. The first-order valence-corrected chi connectivity index (χ1v) is 10.8. The van der Waals surface area contributed by atoms with E-state index in [1.54, 1.807) is 6.07 Å². The monoisotopic (exact) mass is 442 g/mol. The van der Waals surface area contributed by atoms with Crippen molar-refractivity contribution in [3.8, 4) is 5.75 Å². The largest absolute Gasteiger partial charge is 0.481 e. The summed E-state index contributed by atoms with van der Waals surface area (Å²) < 4.78 is 31.3. The van der Waals surface area contributed by atoms with Gasteiger partial charge in [0.25, 0.3) is 11.8 Å². The molecule has 0 bridgehead atoms. The van der Waals surface area contributed by atoms with Crippen molar-refractivity contribution >= 4 is 32.6 Å². The second-order valence-electron chi connectivity index (χ2n) is 6.76. The average molecular weight is 442 g/mol. The molecule has 9 nitrogen and oxygen atoms in total. The Morgan fingerprint density at radius 1 is 1.06 bits per heavy atom. The molecule has 1 unspecified atom stereocenters. The van der Waals surface area contributed by atoms with Crippen molar-refractivity contribution in [3.63, 3.8) is 0 Å². The average Bonchev–Trinajstić information content (AvgIpc) is 2.77. The Morgan fingerprint density at radius 3 is 2.52 bits per heavy atom. The third kappa shape index (κ3) is 5.56. The molecule has 162 valence electrons. The molecule has 0 saturated carbocycles. The number of sulfonamides is 1. The fourth-order valence-electron chi connectivity index (χ4n) is 2.74. The minimum atomic E-state index is -3.88. The lowest BCUT2D eigenvalue weighted by atomic mass is 10.1. The summed E-state index contributed by atoms with van der Waals surface area (Å²) in [5, 5.41) is 2.02. The highest BCUT2D eigenvalue weighted by Gasteiger charge is 2.23. The van der Waals surface area contributed by atoms with Gasteiger partial charge < -0.3 is 4.74 Å². The van der Waals surface area contributed by atoms with E-state index in [0.29, 0.717) is 5.75 Å². The molecule has 1 aromatic heterocycles. The number of nitrogens with one attached hydrogen (secondary N) is 2. The number of rotatable bonds is 7. The minimum absolute atomic E-state index is 0.0354. The number of benzene rings is 2. The molecule has 2 aromatic carbocycles. The van der Waals surface area contributed by atoms with Gasteiger partial charge >= 0.3 is 0 Å². The molecule has 0 radical (unpaired) electrons. The number of pyridine rings is 1. The van der Waals surface area contributed by atoms with Gasteiger partial charge in [-0.1, -0.05) is 30.3 Å². The first-order chi connectivity index (χ1) is 14.8. The van der Waals surface area contributed by atoms with Crippen LogP contribution in [0.2, 0.25) is 0 Å². The van der Waals surface area contributed by atoms with Crippen LogP contribution in [0, 0.1) is 0 Å². The molecule has 0 aliphatic heterocycles. The minimum Gasteiger partial charge on any atom is -0.481 e. The van der Waals surface area contributed by atoms with Crippen LogP contribution in [0.4, 0.5) is 0 Å². The van der Waals surface area contributed by atoms with Gasteiger partial charge in [0.05, 0.1) is 6.54 Å². The van der Waals surface area contributed by atoms with E-state index >= 15 is 0 Å². The third-order valence-electron chi connectivity index (χ3n) is 4.44. The smallest absolute Gasteiger partial charge is 0.279 e. The van der Waals surface area contributed by atoms with Gasteiger partial charge in [-0.3, -0.25) is 25.4 Å². The molecule has 2 N–H and O–H groups in total. The lowest BCUT2D eigenvalue weighted by Crippen LogP contribution is -2.50. The highest BCUT2D eigenvalue weighted by molar-refractivity contribution is 7.89. The van der Waals surface area contributed by atoms with Gasteiger partial charge in [0, 0.05) is 19.4 Å². The Kier molecular flexibility index (Phi) is 6.83.